The van der Waals surface area contributed by atoms with Crippen LogP contribution >= 0.6 is 0 Å². The van der Waals surface area contributed by atoms with E-state index in [0.29, 0.717) is 0 Å². The van der Waals surface area contributed by atoms with Gasteiger partial charge >= 0.3 is 0 Å². The fourth-order valence-electron chi connectivity index (χ4n) is 3.06. The number of methoxy groups -OCH3 is 1. The van der Waals surface area contributed by atoms with Crippen LogP contribution in [0.4, 0.5) is 0 Å². The Morgan fingerprint density at radius 1 is 1.13 bits per heavy atom. The number of hydrogen-bond acceptors (Lipinski definition) is 4. The van der Waals surface area contributed by atoms with E-state index in [9.17, 15) is 0 Å². The Balaban J connectivity index is 1.58. The molecule has 4 nitrogen and oxygen atoms in total. The maximum Gasteiger partial charge on any atom is 0.123 e. The monoisotopic (exact) mass is 311 g/mol. The molecule has 0 bridgehead atoms. The van der Waals surface area contributed by atoms with E-state index in [1.54, 1.807) is 7.11 Å². The lowest BCUT2D eigenvalue weighted by atomic mass is 10.1. The van der Waals surface area contributed by atoms with Crippen LogP contribution in [0, 0.1) is 0 Å². The lowest BCUT2D eigenvalue weighted by Gasteiger charge is -2.16. The molecule has 0 amide bonds. The van der Waals surface area contributed by atoms with Crippen molar-refractivity contribution in [1.82, 2.24) is 15.2 Å². The Morgan fingerprint density at radius 2 is 2.00 bits per heavy atom. The Labute approximate surface area is 138 Å². The molecule has 1 saturated heterocycles. The van der Waals surface area contributed by atoms with E-state index < -0.39 is 0 Å². The number of nitrogens with zero attached hydrogens (tertiary/aromatic N) is 2. The highest BCUT2D eigenvalue weighted by Crippen LogP contribution is 2.22. The Kier molecular flexibility index (Phi) is 5.61. The minimum Gasteiger partial charge on any atom is -0.496 e. The molecule has 1 aliphatic rings. The van der Waals surface area contributed by atoms with Gasteiger partial charge in [-0.05, 0) is 49.7 Å². The number of aromatic nitrogens is 1. The first-order valence-electron chi connectivity index (χ1n) is 8.34. The lowest BCUT2D eigenvalue weighted by Crippen LogP contribution is -2.18. The molecule has 2 heterocycles. The predicted molar refractivity (Wildman–Crippen MR) is 92.3 cm³/mol. The second kappa shape index (κ2) is 8.09. The molecule has 3 rings (SSSR count). The summed E-state index contributed by atoms with van der Waals surface area (Å²) in [6.07, 6.45) is 4.48. The number of ether oxygens (including phenoxy) is 1. The fraction of sp³-hybridized carbons (Fsp3) is 0.421. The molecule has 0 saturated carbocycles. The number of likely N-dealkylation sites (tertiary alicyclic amines) is 1. The van der Waals surface area contributed by atoms with Crippen molar-refractivity contribution >= 4 is 0 Å². The molecule has 0 atom stereocenters. The number of benzene rings is 1. The summed E-state index contributed by atoms with van der Waals surface area (Å²) in [6, 6.07) is 12.6. The normalized spacial score (nSPS) is 15.0. The van der Waals surface area contributed by atoms with Crippen molar-refractivity contribution < 1.29 is 4.74 Å². The standard InChI is InChI=1S/C19H25N3O/c1-23-19-12-16(15-22-10-4-5-11-22)7-8-17(19)13-20-14-18-6-2-3-9-21-18/h2-3,6-9,12,20H,4-5,10-11,13-15H2,1H3. The van der Waals surface area contributed by atoms with E-state index >= 15 is 0 Å². The van der Waals surface area contributed by atoms with Crippen LogP contribution in [-0.4, -0.2) is 30.1 Å². The summed E-state index contributed by atoms with van der Waals surface area (Å²) in [7, 11) is 1.75. The second-order valence-electron chi connectivity index (χ2n) is 6.05. The zero-order valence-corrected chi connectivity index (χ0v) is 13.8. The summed E-state index contributed by atoms with van der Waals surface area (Å²) in [5, 5.41) is 3.43. The van der Waals surface area contributed by atoms with Gasteiger partial charge in [-0.3, -0.25) is 9.88 Å². The number of pyridine rings is 1. The predicted octanol–water partition coefficient (Wildman–Crippen LogP) is 2.98. The topological polar surface area (TPSA) is 37.4 Å². The van der Waals surface area contributed by atoms with Crippen molar-refractivity contribution in [2.75, 3.05) is 20.2 Å². The van der Waals surface area contributed by atoms with Crippen molar-refractivity contribution in [1.29, 1.82) is 0 Å². The summed E-state index contributed by atoms with van der Waals surface area (Å²) in [5.41, 5.74) is 3.57. The lowest BCUT2D eigenvalue weighted by molar-refractivity contribution is 0.330. The van der Waals surface area contributed by atoms with Gasteiger partial charge in [0.25, 0.3) is 0 Å². The first kappa shape index (κ1) is 16.0. The van der Waals surface area contributed by atoms with Gasteiger partial charge in [-0.2, -0.15) is 0 Å². The van der Waals surface area contributed by atoms with E-state index in [1.807, 2.05) is 24.4 Å². The van der Waals surface area contributed by atoms with E-state index in [0.717, 1.165) is 31.1 Å². The van der Waals surface area contributed by atoms with Crippen LogP contribution in [0.25, 0.3) is 0 Å². The first-order valence-corrected chi connectivity index (χ1v) is 8.34. The second-order valence-corrected chi connectivity index (χ2v) is 6.05. The molecule has 0 unspecified atom stereocenters. The van der Waals surface area contributed by atoms with Crippen LogP contribution in [0.2, 0.25) is 0 Å². The Hall–Kier alpha value is -1.91. The van der Waals surface area contributed by atoms with E-state index in [-0.39, 0.29) is 0 Å². The average molecular weight is 311 g/mol. The Bertz CT molecular complexity index is 609. The van der Waals surface area contributed by atoms with Crippen LogP contribution in [0.15, 0.2) is 42.6 Å². The van der Waals surface area contributed by atoms with Crippen molar-refractivity contribution in [2.24, 2.45) is 0 Å². The minimum atomic E-state index is 0.763. The minimum absolute atomic E-state index is 0.763. The van der Waals surface area contributed by atoms with Gasteiger partial charge in [0.1, 0.15) is 5.75 Å². The number of rotatable bonds is 7. The van der Waals surface area contributed by atoms with Gasteiger partial charge in [0.05, 0.1) is 12.8 Å². The highest BCUT2D eigenvalue weighted by atomic mass is 16.5. The quantitative estimate of drug-likeness (QED) is 0.853. The van der Waals surface area contributed by atoms with Gasteiger partial charge in [0, 0.05) is 31.4 Å². The van der Waals surface area contributed by atoms with E-state index in [4.69, 9.17) is 4.74 Å². The molecule has 23 heavy (non-hydrogen) atoms. The third-order valence-electron chi connectivity index (χ3n) is 4.30. The molecule has 0 radical (unpaired) electrons. The highest BCUT2D eigenvalue weighted by molar-refractivity contribution is 5.37. The first-order chi connectivity index (χ1) is 11.3. The van der Waals surface area contributed by atoms with Gasteiger partial charge in [-0.1, -0.05) is 18.2 Å². The van der Waals surface area contributed by atoms with Crippen molar-refractivity contribution in [3.05, 3.63) is 59.4 Å². The molecule has 1 aliphatic heterocycles. The largest absolute Gasteiger partial charge is 0.496 e. The van der Waals surface area contributed by atoms with Gasteiger partial charge in [0.2, 0.25) is 0 Å². The zero-order valence-electron chi connectivity index (χ0n) is 13.8. The summed E-state index contributed by atoms with van der Waals surface area (Å²) in [4.78, 5) is 6.83. The van der Waals surface area contributed by atoms with Crippen molar-refractivity contribution in [2.45, 2.75) is 32.5 Å². The maximum absolute atomic E-state index is 5.58. The van der Waals surface area contributed by atoms with Gasteiger partial charge in [-0.25, -0.2) is 0 Å². The van der Waals surface area contributed by atoms with E-state index in [1.165, 1.54) is 37.1 Å². The molecule has 4 heteroatoms. The van der Waals surface area contributed by atoms with Crippen LogP contribution in [-0.2, 0) is 19.6 Å². The summed E-state index contributed by atoms with van der Waals surface area (Å²) in [6.45, 7) is 5.01. The molecule has 1 aromatic carbocycles. The molecule has 2 aromatic rings. The molecular formula is C19H25N3O. The number of hydrogen-bond donors (Lipinski definition) is 1. The average Bonchev–Trinajstić information content (AvgIpc) is 3.10. The molecule has 1 aromatic heterocycles. The molecule has 1 fully saturated rings. The zero-order chi connectivity index (χ0) is 15.9. The van der Waals surface area contributed by atoms with Crippen molar-refractivity contribution in [3.63, 3.8) is 0 Å². The maximum atomic E-state index is 5.58. The van der Waals surface area contributed by atoms with Crippen LogP contribution in [0.1, 0.15) is 29.7 Å². The molecular weight excluding hydrogens is 286 g/mol. The van der Waals surface area contributed by atoms with E-state index in [2.05, 4.69) is 33.4 Å². The number of nitrogens with one attached hydrogen (secondary N) is 1. The highest BCUT2D eigenvalue weighted by Gasteiger charge is 2.13. The van der Waals surface area contributed by atoms with Crippen LogP contribution < -0.4 is 10.1 Å². The van der Waals surface area contributed by atoms with Crippen LogP contribution in [0.3, 0.4) is 0 Å². The molecule has 1 N–H and O–H groups in total. The van der Waals surface area contributed by atoms with Crippen molar-refractivity contribution in [3.8, 4) is 5.75 Å². The third kappa shape index (κ3) is 4.53. The van der Waals surface area contributed by atoms with Gasteiger partial charge in [0.15, 0.2) is 0 Å². The SMILES string of the molecule is COc1cc(CN2CCCC2)ccc1CNCc1ccccn1. The smallest absolute Gasteiger partial charge is 0.123 e. The van der Waals surface area contributed by atoms with Gasteiger partial charge < -0.3 is 10.1 Å². The van der Waals surface area contributed by atoms with Gasteiger partial charge in [-0.15, -0.1) is 0 Å². The summed E-state index contributed by atoms with van der Waals surface area (Å²) >= 11 is 0. The molecule has 0 spiro atoms. The fourth-order valence-corrected chi connectivity index (χ4v) is 3.06. The summed E-state index contributed by atoms with van der Waals surface area (Å²) in [5.74, 6) is 0.968. The molecule has 122 valence electrons. The van der Waals surface area contributed by atoms with Crippen LogP contribution in [0.5, 0.6) is 5.75 Å². The Morgan fingerprint density at radius 3 is 2.74 bits per heavy atom. The molecule has 0 aliphatic carbocycles. The third-order valence-corrected chi connectivity index (χ3v) is 4.30. The summed E-state index contributed by atoms with van der Waals surface area (Å²) < 4.78 is 5.58.